The number of aryl methyl sites for hydroxylation is 1. The van der Waals surface area contributed by atoms with Gasteiger partial charge in [-0.05, 0) is 29.7 Å². The van der Waals surface area contributed by atoms with Crippen molar-refractivity contribution in [3.05, 3.63) is 53.9 Å². The maximum atomic E-state index is 12.1. The zero-order valence-electron chi connectivity index (χ0n) is 14.1. The number of nitrogens with one attached hydrogen (secondary N) is 2. The minimum absolute atomic E-state index is 0.161. The van der Waals surface area contributed by atoms with Gasteiger partial charge in [-0.2, -0.15) is 0 Å². The molecule has 0 aliphatic heterocycles. The molecule has 1 amide bonds. The summed E-state index contributed by atoms with van der Waals surface area (Å²) in [6.45, 7) is 4.63. The molecule has 2 rings (SSSR count). The fraction of sp³-hybridized carbons (Fsp3) is 0.353. The Kier molecular flexibility index (Phi) is 5.80. The van der Waals surface area contributed by atoms with E-state index in [0.29, 0.717) is 18.7 Å². The van der Waals surface area contributed by atoms with E-state index in [2.05, 4.69) is 10.0 Å². The van der Waals surface area contributed by atoms with Crippen LogP contribution in [0.2, 0.25) is 0 Å². The lowest BCUT2D eigenvalue weighted by atomic mass is 10.2. The van der Waals surface area contributed by atoms with Crippen molar-refractivity contribution in [1.82, 2.24) is 14.6 Å². The van der Waals surface area contributed by atoms with Crippen LogP contribution in [0.5, 0.6) is 0 Å². The molecule has 0 spiro atoms. The standard InChI is InChI=1S/C17H23N3O3S/c1-13(2)10-19-24(22,23)16-6-4-14(5-7-16)11-18-17(21)15-8-9-20(3)12-15/h4-9,12-13,19H,10-11H2,1-3H3,(H,18,21). The molecule has 0 unspecified atom stereocenters. The summed E-state index contributed by atoms with van der Waals surface area (Å²) in [4.78, 5) is 12.2. The molecule has 0 saturated carbocycles. The molecular weight excluding hydrogens is 326 g/mol. The van der Waals surface area contributed by atoms with Crippen LogP contribution in [0.1, 0.15) is 29.8 Å². The van der Waals surface area contributed by atoms with Gasteiger partial charge in [-0.3, -0.25) is 4.79 Å². The summed E-state index contributed by atoms with van der Waals surface area (Å²) in [6, 6.07) is 8.25. The molecule has 24 heavy (non-hydrogen) atoms. The lowest BCUT2D eigenvalue weighted by Crippen LogP contribution is -2.27. The van der Waals surface area contributed by atoms with Crippen LogP contribution in [0.15, 0.2) is 47.6 Å². The van der Waals surface area contributed by atoms with E-state index in [-0.39, 0.29) is 16.7 Å². The lowest BCUT2D eigenvalue weighted by molar-refractivity contribution is 0.0951. The van der Waals surface area contributed by atoms with E-state index in [4.69, 9.17) is 0 Å². The zero-order valence-corrected chi connectivity index (χ0v) is 14.9. The fourth-order valence-corrected chi connectivity index (χ4v) is 3.28. The first-order chi connectivity index (χ1) is 11.3. The molecule has 130 valence electrons. The quantitative estimate of drug-likeness (QED) is 0.801. The number of hydrogen-bond acceptors (Lipinski definition) is 3. The maximum absolute atomic E-state index is 12.1. The molecule has 0 aliphatic rings. The molecule has 0 atom stereocenters. The van der Waals surface area contributed by atoms with E-state index in [1.807, 2.05) is 20.9 Å². The molecule has 0 fully saturated rings. The van der Waals surface area contributed by atoms with Crippen LogP contribution in [-0.4, -0.2) is 25.4 Å². The summed E-state index contributed by atoms with van der Waals surface area (Å²) in [6.07, 6.45) is 3.55. The van der Waals surface area contributed by atoms with Crippen molar-refractivity contribution in [3.63, 3.8) is 0 Å². The Morgan fingerprint density at radius 1 is 1.17 bits per heavy atom. The van der Waals surface area contributed by atoms with Crippen LogP contribution >= 0.6 is 0 Å². The van der Waals surface area contributed by atoms with Crippen molar-refractivity contribution in [2.45, 2.75) is 25.3 Å². The normalized spacial score (nSPS) is 11.7. The molecule has 2 N–H and O–H groups in total. The Hall–Kier alpha value is -2.12. The van der Waals surface area contributed by atoms with Gasteiger partial charge in [-0.25, -0.2) is 13.1 Å². The Morgan fingerprint density at radius 2 is 1.83 bits per heavy atom. The Balaban J connectivity index is 1.95. The molecule has 0 aliphatic carbocycles. The molecule has 0 bridgehead atoms. The highest BCUT2D eigenvalue weighted by molar-refractivity contribution is 7.89. The zero-order chi connectivity index (χ0) is 17.7. The topological polar surface area (TPSA) is 80.2 Å². The monoisotopic (exact) mass is 349 g/mol. The Labute approximate surface area is 142 Å². The molecular formula is C17H23N3O3S. The largest absolute Gasteiger partial charge is 0.356 e. The van der Waals surface area contributed by atoms with E-state index >= 15 is 0 Å². The van der Waals surface area contributed by atoms with Crippen molar-refractivity contribution in [2.75, 3.05) is 6.54 Å². The van der Waals surface area contributed by atoms with Crippen LogP contribution in [0.3, 0.4) is 0 Å². The van der Waals surface area contributed by atoms with Crippen LogP contribution in [0.25, 0.3) is 0 Å². The molecule has 0 saturated heterocycles. The third-order valence-electron chi connectivity index (χ3n) is 3.46. The second kappa shape index (κ2) is 7.63. The summed E-state index contributed by atoms with van der Waals surface area (Å²) in [7, 11) is -1.63. The molecule has 1 heterocycles. The third-order valence-corrected chi connectivity index (χ3v) is 4.90. The minimum atomic E-state index is -3.48. The van der Waals surface area contributed by atoms with E-state index in [1.54, 1.807) is 47.3 Å². The molecule has 0 radical (unpaired) electrons. The number of carbonyl (C=O) groups excluding carboxylic acids is 1. The summed E-state index contributed by atoms with van der Waals surface area (Å²) >= 11 is 0. The predicted molar refractivity (Wildman–Crippen MR) is 93.1 cm³/mol. The van der Waals surface area contributed by atoms with Crippen molar-refractivity contribution in [2.24, 2.45) is 13.0 Å². The summed E-state index contributed by atoms with van der Waals surface area (Å²) in [5, 5.41) is 2.81. The smallest absolute Gasteiger partial charge is 0.253 e. The van der Waals surface area contributed by atoms with Crippen molar-refractivity contribution >= 4 is 15.9 Å². The second-order valence-electron chi connectivity index (χ2n) is 6.14. The second-order valence-corrected chi connectivity index (χ2v) is 7.90. The summed E-state index contributed by atoms with van der Waals surface area (Å²) in [5.74, 6) is 0.0816. The van der Waals surface area contributed by atoms with Crippen LogP contribution < -0.4 is 10.0 Å². The first-order valence-electron chi connectivity index (χ1n) is 7.76. The van der Waals surface area contributed by atoms with Crippen LogP contribution in [0, 0.1) is 5.92 Å². The van der Waals surface area contributed by atoms with Gasteiger partial charge in [-0.15, -0.1) is 0 Å². The van der Waals surface area contributed by atoms with Gasteiger partial charge in [0.1, 0.15) is 0 Å². The summed E-state index contributed by atoms with van der Waals surface area (Å²) < 4.78 is 28.6. The van der Waals surface area contributed by atoms with E-state index in [1.165, 1.54) is 0 Å². The van der Waals surface area contributed by atoms with E-state index < -0.39 is 10.0 Å². The van der Waals surface area contributed by atoms with Gasteiger partial charge in [0.05, 0.1) is 10.5 Å². The third kappa shape index (κ3) is 4.94. The van der Waals surface area contributed by atoms with Crippen LogP contribution in [0.4, 0.5) is 0 Å². The molecule has 1 aromatic heterocycles. The number of carbonyl (C=O) groups is 1. The summed E-state index contributed by atoms with van der Waals surface area (Å²) in [5.41, 5.74) is 1.43. The van der Waals surface area contributed by atoms with E-state index in [0.717, 1.165) is 5.56 Å². The van der Waals surface area contributed by atoms with E-state index in [9.17, 15) is 13.2 Å². The molecule has 1 aromatic carbocycles. The number of benzene rings is 1. The van der Waals surface area contributed by atoms with Gasteiger partial charge < -0.3 is 9.88 Å². The van der Waals surface area contributed by atoms with Gasteiger partial charge in [0, 0.05) is 32.5 Å². The number of nitrogens with zero attached hydrogens (tertiary/aromatic N) is 1. The molecule has 6 nitrogen and oxygen atoms in total. The highest BCUT2D eigenvalue weighted by atomic mass is 32.2. The SMILES string of the molecule is CC(C)CNS(=O)(=O)c1ccc(CNC(=O)c2ccn(C)c2)cc1. The molecule has 7 heteroatoms. The maximum Gasteiger partial charge on any atom is 0.253 e. The predicted octanol–water partition coefficient (Wildman–Crippen LogP) is 1.89. The van der Waals surface area contributed by atoms with Crippen LogP contribution in [-0.2, 0) is 23.6 Å². The van der Waals surface area contributed by atoms with Gasteiger partial charge in [-0.1, -0.05) is 26.0 Å². The number of amides is 1. The number of hydrogen-bond donors (Lipinski definition) is 2. The lowest BCUT2D eigenvalue weighted by Gasteiger charge is -2.10. The van der Waals surface area contributed by atoms with Crippen molar-refractivity contribution < 1.29 is 13.2 Å². The van der Waals surface area contributed by atoms with Crippen molar-refractivity contribution in [3.8, 4) is 0 Å². The van der Waals surface area contributed by atoms with Gasteiger partial charge in [0.2, 0.25) is 10.0 Å². The Bertz CT molecular complexity index is 793. The highest BCUT2D eigenvalue weighted by Gasteiger charge is 2.14. The van der Waals surface area contributed by atoms with Gasteiger partial charge in [0.15, 0.2) is 0 Å². The van der Waals surface area contributed by atoms with Gasteiger partial charge >= 0.3 is 0 Å². The Morgan fingerprint density at radius 3 is 2.38 bits per heavy atom. The number of rotatable bonds is 7. The van der Waals surface area contributed by atoms with Gasteiger partial charge in [0.25, 0.3) is 5.91 Å². The van der Waals surface area contributed by atoms with Crippen molar-refractivity contribution in [1.29, 1.82) is 0 Å². The minimum Gasteiger partial charge on any atom is -0.356 e. The molecule has 2 aromatic rings. The fourth-order valence-electron chi connectivity index (χ4n) is 2.07. The highest BCUT2D eigenvalue weighted by Crippen LogP contribution is 2.11. The number of sulfonamides is 1. The average molecular weight is 349 g/mol. The average Bonchev–Trinajstić information content (AvgIpc) is 2.98. The number of aromatic nitrogens is 1. The first kappa shape index (κ1) is 18.2. The first-order valence-corrected chi connectivity index (χ1v) is 9.25.